The van der Waals surface area contributed by atoms with Crippen LogP contribution in [0.25, 0.3) is 11.3 Å². The molecule has 0 aliphatic heterocycles. The normalized spacial score (nSPS) is 10.2. The molecule has 0 radical (unpaired) electrons. The van der Waals surface area contributed by atoms with Crippen molar-refractivity contribution in [2.24, 2.45) is 0 Å². The van der Waals surface area contributed by atoms with Crippen LogP contribution in [0.3, 0.4) is 0 Å². The molecule has 0 atom stereocenters. The van der Waals surface area contributed by atoms with Gasteiger partial charge < -0.3 is 5.11 Å². The van der Waals surface area contributed by atoms with Gasteiger partial charge in [-0.3, -0.25) is 4.79 Å². The third kappa shape index (κ3) is 3.38. The molecule has 18 heavy (non-hydrogen) atoms. The quantitative estimate of drug-likeness (QED) is 0.875. The summed E-state index contributed by atoms with van der Waals surface area (Å²) in [6, 6.07) is 11.7. The Morgan fingerprint density at radius 3 is 2.67 bits per heavy atom. The van der Waals surface area contributed by atoms with Gasteiger partial charge >= 0.3 is 5.97 Å². The van der Waals surface area contributed by atoms with E-state index in [1.54, 1.807) is 6.20 Å². The second-order valence-corrected chi connectivity index (χ2v) is 3.97. The number of carboxylic acid groups (broad SMARTS) is 1. The molecular formula is C14H14N2O2. The first kappa shape index (κ1) is 12.2. The molecule has 0 amide bonds. The van der Waals surface area contributed by atoms with Gasteiger partial charge in [-0.05, 0) is 12.5 Å². The van der Waals surface area contributed by atoms with E-state index in [1.807, 2.05) is 36.4 Å². The molecule has 0 saturated heterocycles. The minimum atomic E-state index is -0.783. The third-order valence-corrected chi connectivity index (χ3v) is 2.57. The maximum absolute atomic E-state index is 10.4. The van der Waals surface area contributed by atoms with Gasteiger partial charge in [-0.1, -0.05) is 30.3 Å². The highest BCUT2D eigenvalue weighted by molar-refractivity contribution is 5.66. The van der Waals surface area contributed by atoms with Gasteiger partial charge in [-0.15, -0.1) is 0 Å². The highest BCUT2D eigenvalue weighted by Crippen LogP contribution is 2.15. The van der Waals surface area contributed by atoms with Gasteiger partial charge in [0, 0.05) is 24.6 Å². The second kappa shape index (κ2) is 5.91. The zero-order chi connectivity index (χ0) is 12.8. The Hall–Kier alpha value is -2.23. The molecule has 4 nitrogen and oxygen atoms in total. The molecule has 0 bridgehead atoms. The van der Waals surface area contributed by atoms with Gasteiger partial charge in [0.15, 0.2) is 0 Å². The number of carbonyl (C=O) groups is 1. The lowest BCUT2D eigenvalue weighted by atomic mass is 10.1. The molecular weight excluding hydrogens is 228 g/mol. The number of hydrogen-bond donors (Lipinski definition) is 1. The second-order valence-electron chi connectivity index (χ2n) is 3.97. The van der Waals surface area contributed by atoms with Crippen molar-refractivity contribution in [3.63, 3.8) is 0 Å². The van der Waals surface area contributed by atoms with Crippen LogP contribution in [0, 0.1) is 0 Å². The lowest BCUT2D eigenvalue weighted by Gasteiger charge is -2.03. The van der Waals surface area contributed by atoms with Crippen LogP contribution in [0.2, 0.25) is 0 Å². The number of aromatic nitrogens is 2. The molecule has 2 rings (SSSR count). The number of carboxylic acids is 1. The SMILES string of the molecule is O=C(O)CCCc1nccc(-c2ccccc2)n1. The monoisotopic (exact) mass is 242 g/mol. The summed E-state index contributed by atoms with van der Waals surface area (Å²) < 4.78 is 0. The molecule has 1 aromatic carbocycles. The molecule has 4 heteroatoms. The Bertz CT molecular complexity index is 526. The maximum atomic E-state index is 10.4. The zero-order valence-corrected chi connectivity index (χ0v) is 9.91. The van der Waals surface area contributed by atoms with Gasteiger partial charge in [-0.2, -0.15) is 0 Å². The van der Waals surface area contributed by atoms with E-state index in [9.17, 15) is 4.79 Å². The molecule has 0 unspecified atom stereocenters. The Morgan fingerprint density at radius 2 is 1.94 bits per heavy atom. The van der Waals surface area contributed by atoms with E-state index in [0.717, 1.165) is 11.3 Å². The fourth-order valence-corrected chi connectivity index (χ4v) is 1.69. The molecule has 1 N–H and O–H groups in total. The van der Waals surface area contributed by atoms with E-state index in [4.69, 9.17) is 5.11 Å². The van der Waals surface area contributed by atoms with Crippen molar-refractivity contribution < 1.29 is 9.90 Å². The van der Waals surface area contributed by atoms with E-state index in [-0.39, 0.29) is 6.42 Å². The Morgan fingerprint density at radius 1 is 1.17 bits per heavy atom. The summed E-state index contributed by atoms with van der Waals surface area (Å²) in [4.78, 5) is 19.0. The summed E-state index contributed by atoms with van der Waals surface area (Å²) in [5.41, 5.74) is 1.91. The lowest BCUT2D eigenvalue weighted by molar-refractivity contribution is -0.137. The van der Waals surface area contributed by atoms with E-state index < -0.39 is 5.97 Å². The molecule has 2 aromatic rings. The van der Waals surface area contributed by atoms with Crippen molar-refractivity contribution in [2.45, 2.75) is 19.3 Å². The van der Waals surface area contributed by atoms with Crippen molar-refractivity contribution in [1.82, 2.24) is 9.97 Å². The van der Waals surface area contributed by atoms with Gasteiger partial charge in [-0.25, -0.2) is 9.97 Å². The molecule has 0 aliphatic rings. The predicted octanol–water partition coefficient (Wildman–Crippen LogP) is 2.55. The molecule has 1 aromatic heterocycles. The van der Waals surface area contributed by atoms with Crippen LogP contribution in [0.5, 0.6) is 0 Å². The lowest BCUT2D eigenvalue weighted by Crippen LogP contribution is -2.00. The van der Waals surface area contributed by atoms with E-state index in [1.165, 1.54) is 0 Å². The summed E-state index contributed by atoms with van der Waals surface area (Å²) in [5.74, 6) is -0.0909. The highest BCUT2D eigenvalue weighted by atomic mass is 16.4. The van der Waals surface area contributed by atoms with E-state index in [2.05, 4.69) is 9.97 Å². The van der Waals surface area contributed by atoms with Crippen molar-refractivity contribution in [3.8, 4) is 11.3 Å². The summed E-state index contributed by atoms with van der Waals surface area (Å²) in [5, 5.41) is 8.58. The number of aliphatic carboxylic acids is 1. The van der Waals surface area contributed by atoms with Crippen LogP contribution in [-0.2, 0) is 11.2 Å². The Labute approximate surface area is 105 Å². The Balaban J connectivity index is 2.08. The van der Waals surface area contributed by atoms with Gasteiger partial charge in [0.05, 0.1) is 5.69 Å². The summed E-state index contributed by atoms with van der Waals surface area (Å²) in [6.07, 6.45) is 3.02. The van der Waals surface area contributed by atoms with E-state index >= 15 is 0 Å². The number of benzene rings is 1. The minimum Gasteiger partial charge on any atom is -0.481 e. The predicted molar refractivity (Wildman–Crippen MR) is 68.0 cm³/mol. The highest BCUT2D eigenvalue weighted by Gasteiger charge is 2.03. The topological polar surface area (TPSA) is 63.1 Å². The standard InChI is InChI=1S/C14H14N2O2/c17-14(18)8-4-7-13-15-10-9-12(16-13)11-5-2-1-3-6-11/h1-3,5-6,9-10H,4,7-8H2,(H,17,18). The zero-order valence-electron chi connectivity index (χ0n) is 9.91. The minimum absolute atomic E-state index is 0.152. The average molecular weight is 242 g/mol. The largest absolute Gasteiger partial charge is 0.481 e. The average Bonchev–Trinajstić information content (AvgIpc) is 2.40. The maximum Gasteiger partial charge on any atom is 0.303 e. The van der Waals surface area contributed by atoms with Crippen LogP contribution in [0.4, 0.5) is 0 Å². The van der Waals surface area contributed by atoms with E-state index in [0.29, 0.717) is 18.7 Å². The molecule has 0 spiro atoms. The number of hydrogen-bond acceptors (Lipinski definition) is 3. The van der Waals surface area contributed by atoms with Gasteiger partial charge in [0.2, 0.25) is 0 Å². The first-order valence-corrected chi connectivity index (χ1v) is 5.85. The molecule has 0 aliphatic carbocycles. The number of nitrogens with zero attached hydrogens (tertiary/aromatic N) is 2. The molecule has 0 fully saturated rings. The summed E-state index contributed by atoms with van der Waals surface area (Å²) >= 11 is 0. The van der Waals surface area contributed by atoms with Gasteiger partial charge in [0.25, 0.3) is 0 Å². The fourth-order valence-electron chi connectivity index (χ4n) is 1.69. The fraction of sp³-hybridized carbons (Fsp3) is 0.214. The van der Waals surface area contributed by atoms with Crippen LogP contribution < -0.4 is 0 Å². The number of rotatable bonds is 5. The van der Waals surface area contributed by atoms with Crippen molar-refractivity contribution in [3.05, 3.63) is 48.4 Å². The van der Waals surface area contributed by atoms with Crippen LogP contribution in [-0.4, -0.2) is 21.0 Å². The van der Waals surface area contributed by atoms with Crippen molar-refractivity contribution >= 4 is 5.97 Å². The van der Waals surface area contributed by atoms with Crippen LogP contribution in [0.1, 0.15) is 18.7 Å². The van der Waals surface area contributed by atoms with Crippen molar-refractivity contribution in [1.29, 1.82) is 0 Å². The van der Waals surface area contributed by atoms with Gasteiger partial charge in [0.1, 0.15) is 5.82 Å². The van der Waals surface area contributed by atoms with Crippen molar-refractivity contribution in [2.75, 3.05) is 0 Å². The Kier molecular flexibility index (Phi) is 4.02. The smallest absolute Gasteiger partial charge is 0.303 e. The molecule has 92 valence electrons. The molecule has 0 saturated carbocycles. The first-order chi connectivity index (χ1) is 8.75. The number of aryl methyl sites for hydroxylation is 1. The first-order valence-electron chi connectivity index (χ1n) is 5.85. The summed E-state index contributed by atoms with van der Waals surface area (Å²) in [6.45, 7) is 0. The molecule has 1 heterocycles. The summed E-state index contributed by atoms with van der Waals surface area (Å²) in [7, 11) is 0. The van der Waals surface area contributed by atoms with Crippen LogP contribution >= 0.6 is 0 Å². The third-order valence-electron chi connectivity index (χ3n) is 2.57. The van der Waals surface area contributed by atoms with Crippen LogP contribution in [0.15, 0.2) is 42.6 Å².